The van der Waals surface area contributed by atoms with Gasteiger partial charge in [-0.05, 0) is 94.9 Å². The van der Waals surface area contributed by atoms with Gasteiger partial charge in [0.25, 0.3) is 16.0 Å². The van der Waals surface area contributed by atoms with Crippen LogP contribution in [0, 0.1) is 25.0 Å². The summed E-state index contributed by atoms with van der Waals surface area (Å²) in [7, 11) is -4.00. The minimum Gasteiger partial charge on any atom is -0.618 e. The van der Waals surface area contributed by atoms with Crippen molar-refractivity contribution in [1.82, 2.24) is 9.80 Å². The predicted octanol–water partition coefficient (Wildman–Crippen LogP) is 5.78. The summed E-state index contributed by atoms with van der Waals surface area (Å²) in [5.74, 6) is 0.337. The number of halogens is 1. The van der Waals surface area contributed by atoms with Crippen molar-refractivity contribution in [3.63, 3.8) is 0 Å². The highest BCUT2D eigenvalue weighted by Crippen LogP contribution is 2.34. The third kappa shape index (κ3) is 8.72. The lowest BCUT2D eigenvalue weighted by molar-refractivity contribution is -0.612. The summed E-state index contributed by atoms with van der Waals surface area (Å²) >= 11 is 3.52. The van der Waals surface area contributed by atoms with Crippen LogP contribution < -0.4 is 4.73 Å². The maximum absolute atomic E-state index is 13.3. The van der Waals surface area contributed by atoms with Crippen molar-refractivity contribution < 1.29 is 27.3 Å². The van der Waals surface area contributed by atoms with Crippen molar-refractivity contribution in [2.24, 2.45) is 11.1 Å². The average Bonchev–Trinajstić information content (AvgIpc) is 3.05. The molecular formula is C34H43BrN4O6S. The van der Waals surface area contributed by atoms with Crippen molar-refractivity contribution in [2.45, 2.75) is 63.8 Å². The minimum atomic E-state index is -4.00. The van der Waals surface area contributed by atoms with Gasteiger partial charge in [-0.15, -0.1) is 0 Å². The number of nitrogens with zero attached hydrogens (tertiary/aromatic N) is 4. The molecule has 0 radical (unpaired) electrons. The van der Waals surface area contributed by atoms with Crippen LogP contribution in [0.4, 0.5) is 0 Å². The van der Waals surface area contributed by atoms with Gasteiger partial charge in [-0.1, -0.05) is 51.4 Å². The first kappa shape index (κ1) is 35.5. The third-order valence-electron chi connectivity index (χ3n) is 9.01. The van der Waals surface area contributed by atoms with Gasteiger partial charge in [-0.25, -0.2) is 0 Å². The first-order chi connectivity index (χ1) is 21.8. The number of rotatable bonds is 7. The van der Waals surface area contributed by atoms with Crippen LogP contribution in [-0.2, 0) is 15.0 Å². The average molecular weight is 716 g/mol. The SMILES string of the molecule is CCO/N=C(/c1ccc(Br)cc1)C1CCN(C2(C)CCN(C(=O)c3c(C)cc[n+]([O-])c3C)CC2)CC1.O=S(=O)(O)c1ccccc1. The second-order valence-corrected chi connectivity index (χ2v) is 14.4. The highest BCUT2D eigenvalue weighted by atomic mass is 79.9. The van der Waals surface area contributed by atoms with Crippen LogP contribution in [0.25, 0.3) is 0 Å². The fourth-order valence-corrected chi connectivity index (χ4v) is 6.93. The van der Waals surface area contributed by atoms with E-state index in [1.807, 2.05) is 18.7 Å². The van der Waals surface area contributed by atoms with E-state index in [1.54, 1.807) is 31.2 Å². The zero-order chi connectivity index (χ0) is 33.5. The number of likely N-dealkylation sites (tertiary alicyclic amines) is 2. The lowest BCUT2D eigenvalue weighted by Gasteiger charge is -2.49. The minimum absolute atomic E-state index is 0.0257. The van der Waals surface area contributed by atoms with E-state index < -0.39 is 10.1 Å². The highest BCUT2D eigenvalue weighted by molar-refractivity contribution is 9.10. The lowest BCUT2D eigenvalue weighted by Crippen LogP contribution is -2.57. The Morgan fingerprint density at radius 3 is 2.20 bits per heavy atom. The van der Waals surface area contributed by atoms with Gasteiger partial charge >= 0.3 is 0 Å². The Kier molecular flexibility index (Phi) is 12.0. The number of benzene rings is 2. The van der Waals surface area contributed by atoms with E-state index in [1.165, 1.54) is 18.3 Å². The molecule has 0 bridgehead atoms. The molecule has 2 aromatic carbocycles. The zero-order valence-corrected chi connectivity index (χ0v) is 29.3. The molecule has 248 valence electrons. The first-order valence-corrected chi connectivity index (χ1v) is 17.8. The monoisotopic (exact) mass is 714 g/mol. The van der Waals surface area contributed by atoms with Crippen molar-refractivity contribution in [1.29, 1.82) is 0 Å². The summed E-state index contributed by atoms with van der Waals surface area (Å²) in [4.78, 5) is 23.2. The summed E-state index contributed by atoms with van der Waals surface area (Å²) < 4.78 is 31.1. The van der Waals surface area contributed by atoms with Crippen molar-refractivity contribution >= 4 is 37.7 Å². The van der Waals surface area contributed by atoms with Crippen LogP contribution in [0.3, 0.4) is 0 Å². The smallest absolute Gasteiger partial charge is 0.294 e. The Bertz CT molecular complexity index is 1620. The van der Waals surface area contributed by atoms with E-state index in [4.69, 9.17) is 9.39 Å². The summed E-state index contributed by atoms with van der Waals surface area (Å²) in [5.41, 5.74) is 4.11. The Labute approximate surface area is 280 Å². The molecular weight excluding hydrogens is 672 g/mol. The Morgan fingerprint density at radius 1 is 1.04 bits per heavy atom. The molecule has 1 aromatic heterocycles. The number of hydrogen-bond acceptors (Lipinski definition) is 7. The van der Waals surface area contributed by atoms with E-state index >= 15 is 0 Å². The molecule has 1 N–H and O–H groups in total. The second kappa shape index (κ2) is 15.5. The van der Waals surface area contributed by atoms with E-state index in [2.05, 4.69) is 57.2 Å². The number of carbonyl (C=O) groups is 1. The number of oxime groups is 1. The van der Waals surface area contributed by atoms with Gasteiger partial charge in [-0.2, -0.15) is 13.1 Å². The van der Waals surface area contributed by atoms with Crippen molar-refractivity contribution in [2.75, 3.05) is 32.8 Å². The van der Waals surface area contributed by atoms with Crippen LogP contribution in [0.2, 0.25) is 0 Å². The van der Waals surface area contributed by atoms with E-state index in [0.717, 1.165) is 64.8 Å². The quantitative estimate of drug-likeness (QED) is 0.108. The summed E-state index contributed by atoms with van der Waals surface area (Å²) in [6.07, 6.45) is 5.40. The fourth-order valence-electron chi connectivity index (χ4n) is 6.16. The maximum Gasteiger partial charge on any atom is 0.294 e. The van der Waals surface area contributed by atoms with Gasteiger partial charge in [0.1, 0.15) is 12.2 Å². The van der Waals surface area contributed by atoms with Crippen molar-refractivity contribution in [3.8, 4) is 0 Å². The molecule has 0 unspecified atom stereocenters. The standard InChI is InChI=1S/C28H37BrN4O3.C6H6O3S/c1-5-36-30-26(22-6-8-24(29)9-7-22)23-11-15-32(16-12-23)28(4)13-18-31(19-14-28)27(34)25-20(2)10-17-33(35)21(25)3;7-10(8,9)6-4-2-1-3-5-6/h6-10,17,23H,5,11-16,18-19H2,1-4H3;1-5H,(H,7,8,9)/b30-26-;. The summed E-state index contributed by atoms with van der Waals surface area (Å²) in [6, 6.07) is 17.5. The third-order valence-corrected chi connectivity index (χ3v) is 10.4. The molecule has 2 fully saturated rings. The molecule has 46 heavy (non-hydrogen) atoms. The maximum atomic E-state index is 13.3. The van der Waals surface area contributed by atoms with Crippen LogP contribution in [0.5, 0.6) is 0 Å². The Balaban J connectivity index is 0.000000409. The van der Waals surface area contributed by atoms with E-state index in [-0.39, 0.29) is 16.3 Å². The van der Waals surface area contributed by atoms with Crippen LogP contribution in [0.1, 0.15) is 66.7 Å². The Morgan fingerprint density at radius 2 is 1.65 bits per heavy atom. The zero-order valence-electron chi connectivity index (χ0n) is 26.9. The molecule has 3 heterocycles. The number of piperidine rings is 2. The van der Waals surface area contributed by atoms with Gasteiger partial charge in [0.2, 0.25) is 5.69 Å². The van der Waals surface area contributed by atoms with E-state index in [9.17, 15) is 18.4 Å². The van der Waals surface area contributed by atoms with Crippen LogP contribution >= 0.6 is 15.9 Å². The summed E-state index contributed by atoms with van der Waals surface area (Å²) in [5, 5.41) is 16.6. The predicted molar refractivity (Wildman–Crippen MR) is 181 cm³/mol. The number of amides is 1. The molecule has 1 amide bonds. The van der Waals surface area contributed by atoms with Crippen molar-refractivity contribution in [3.05, 3.63) is 98.9 Å². The molecule has 0 atom stereocenters. The molecule has 0 aliphatic carbocycles. The molecule has 3 aromatic rings. The molecule has 12 heteroatoms. The largest absolute Gasteiger partial charge is 0.618 e. The molecule has 10 nitrogen and oxygen atoms in total. The number of carbonyl (C=O) groups excluding carboxylic acids is 1. The summed E-state index contributed by atoms with van der Waals surface area (Å²) in [6.45, 7) is 11.9. The molecule has 2 aliphatic heterocycles. The molecule has 5 rings (SSSR count). The molecule has 2 aliphatic rings. The molecule has 0 saturated carbocycles. The lowest BCUT2D eigenvalue weighted by atomic mass is 9.82. The normalized spacial score (nSPS) is 17.6. The fraction of sp³-hybridized carbons (Fsp3) is 0.441. The van der Waals surface area contributed by atoms with E-state index in [0.29, 0.717) is 36.9 Å². The highest BCUT2D eigenvalue weighted by Gasteiger charge is 2.40. The number of aromatic nitrogens is 1. The number of pyridine rings is 1. The van der Waals surface area contributed by atoms with Gasteiger partial charge < -0.3 is 14.9 Å². The molecule has 2 saturated heterocycles. The number of hydrogen-bond donors (Lipinski definition) is 1. The van der Waals surface area contributed by atoms with Crippen LogP contribution in [-0.4, -0.2) is 72.7 Å². The van der Waals surface area contributed by atoms with Gasteiger partial charge in [-0.3, -0.25) is 14.2 Å². The number of aryl methyl sites for hydroxylation is 1. The van der Waals surface area contributed by atoms with Gasteiger partial charge in [0.15, 0.2) is 6.20 Å². The second-order valence-electron chi connectivity index (χ2n) is 12.0. The molecule has 0 spiro atoms. The van der Waals surface area contributed by atoms with Gasteiger partial charge in [0, 0.05) is 42.0 Å². The Hall–Kier alpha value is -3.32. The van der Waals surface area contributed by atoms with Gasteiger partial charge in [0.05, 0.1) is 10.6 Å². The topological polar surface area (TPSA) is 126 Å². The van der Waals surface area contributed by atoms with Crippen LogP contribution in [0.15, 0.2) is 81.4 Å². The first-order valence-electron chi connectivity index (χ1n) is 15.6.